The van der Waals surface area contributed by atoms with E-state index in [9.17, 15) is 9.59 Å². The Hall–Kier alpha value is -2.54. The minimum Gasteiger partial charge on any atom is -0.491 e. The molecule has 0 saturated carbocycles. The topological polar surface area (TPSA) is 73.9 Å². The highest BCUT2D eigenvalue weighted by Gasteiger charge is 2.13. The number of amides is 1. The van der Waals surface area contributed by atoms with Crippen molar-refractivity contribution in [2.75, 3.05) is 32.2 Å². The first-order chi connectivity index (χ1) is 13.9. The van der Waals surface area contributed by atoms with Crippen molar-refractivity contribution in [2.45, 2.75) is 6.92 Å². The van der Waals surface area contributed by atoms with Crippen molar-refractivity contribution < 1.29 is 23.8 Å². The van der Waals surface area contributed by atoms with Crippen LogP contribution in [0.3, 0.4) is 0 Å². The van der Waals surface area contributed by atoms with Gasteiger partial charge in [-0.1, -0.05) is 23.2 Å². The molecule has 0 radical (unpaired) electrons. The number of carbonyl (C=O) groups is 2. The van der Waals surface area contributed by atoms with E-state index in [1.165, 1.54) is 18.2 Å². The van der Waals surface area contributed by atoms with E-state index in [-0.39, 0.29) is 17.2 Å². The van der Waals surface area contributed by atoms with Gasteiger partial charge in [-0.15, -0.1) is 0 Å². The molecule has 29 heavy (non-hydrogen) atoms. The van der Waals surface area contributed by atoms with Gasteiger partial charge in [0.05, 0.1) is 29.5 Å². The molecule has 1 N–H and O–H groups in total. The number of ether oxygens (including phenoxy) is 3. The molecule has 0 fully saturated rings. The fourth-order valence-corrected chi connectivity index (χ4v) is 2.83. The number of halogens is 2. The van der Waals surface area contributed by atoms with Gasteiger partial charge in [-0.3, -0.25) is 4.79 Å². The Kier molecular flexibility index (Phi) is 8.99. The summed E-state index contributed by atoms with van der Waals surface area (Å²) in [7, 11) is 1.58. The Balaban J connectivity index is 2.29. The summed E-state index contributed by atoms with van der Waals surface area (Å²) < 4.78 is 15.5. The second kappa shape index (κ2) is 11.5. The van der Waals surface area contributed by atoms with Crippen LogP contribution in [0.25, 0.3) is 6.08 Å². The Morgan fingerprint density at radius 2 is 1.90 bits per heavy atom. The first kappa shape index (κ1) is 22.7. The molecule has 0 unspecified atom stereocenters. The molecule has 2 rings (SSSR count). The number of nitrogens with one attached hydrogen (secondary N) is 1. The third-order valence-electron chi connectivity index (χ3n) is 3.69. The lowest BCUT2D eigenvalue weighted by atomic mass is 10.1. The van der Waals surface area contributed by atoms with Gasteiger partial charge in [-0.05, 0) is 48.9 Å². The van der Waals surface area contributed by atoms with Gasteiger partial charge < -0.3 is 19.5 Å². The van der Waals surface area contributed by atoms with E-state index in [0.717, 1.165) is 0 Å². The first-order valence-corrected chi connectivity index (χ1v) is 9.57. The molecule has 0 aliphatic rings. The van der Waals surface area contributed by atoms with Crippen molar-refractivity contribution >= 4 is 46.8 Å². The summed E-state index contributed by atoms with van der Waals surface area (Å²) in [5, 5.41) is 3.45. The Bertz CT molecular complexity index is 899. The van der Waals surface area contributed by atoms with E-state index in [0.29, 0.717) is 35.2 Å². The van der Waals surface area contributed by atoms with Gasteiger partial charge >= 0.3 is 5.97 Å². The van der Waals surface area contributed by atoms with Crippen LogP contribution in [0, 0.1) is 0 Å². The number of esters is 1. The number of benzene rings is 2. The highest BCUT2D eigenvalue weighted by atomic mass is 35.5. The molecule has 2 aromatic rings. The molecule has 0 aliphatic carbocycles. The van der Waals surface area contributed by atoms with Crippen molar-refractivity contribution in [1.29, 1.82) is 0 Å². The van der Waals surface area contributed by atoms with E-state index < -0.39 is 11.9 Å². The van der Waals surface area contributed by atoms with E-state index in [4.69, 9.17) is 37.4 Å². The van der Waals surface area contributed by atoms with E-state index in [1.54, 1.807) is 44.4 Å². The monoisotopic (exact) mass is 437 g/mol. The van der Waals surface area contributed by atoms with E-state index >= 15 is 0 Å². The van der Waals surface area contributed by atoms with Crippen LogP contribution in [0.4, 0.5) is 5.69 Å². The third kappa shape index (κ3) is 7.09. The van der Waals surface area contributed by atoms with E-state index in [2.05, 4.69) is 5.32 Å². The fourth-order valence-electron chi connectivity index (χ4n) is 2.33. The molecule has 154 valence electrons. The SMILES string of the molecule is CCOC(=O)C=Cc1ccc(OCCOC)cc1NC(=O)c1ccc(Cl)cc1Cl. The Morgan fingerprint density at radius 3 is 2.59 bits per heavy atom. The maximum absolute atomic E-state index is 12.7. The van der Waals surface area contributed by atoms with Gasteiger partial charge in [0.2, 0.25) is 0 Å². The molecule has 0 saturated heterocycles. The molecular formula is C21H21Cl2NO5. The molecule has 0 heterocycles. The summed E-state index contributed by atoms with van der Waals surface area (Å²) >= 11 is 12.0. The summed E-state index contributed by atoms with van der Waals surface area (Å²) in [6, 6.07) is 9.70. The lowest BCUT2D eigenvalue weighted by Gasteiger charge is -2.13. The number of hydrogen-bond acceptors (Lipinski definition) is 5. The fraction of sp³-hybridized carbons (Fsp3) is 0.238. The second-order valence-corrected chi connectivity index (χ2v) is 6.60. The predicted molar refractivity (Wildman–Crippen MR) is 114 cm³/mol. The van der Waals surface area contributed by atoms with Crippen LogP contribution in [0.5, 0.6) is 5.75 Å². The van der Waals surface area contributed by atoms with E-state index in [1.807, 2.05) is 0 Å². The number of carbonyl (C=O) groups excluding carboxylic acids is 2. The summed E-state index contributed by atoms with van der Waals surface area (Å²) in [4.78, 5) is 24.3. The molecule has 0 aromatic heterocycles. The van der Waals surface area contributed by atoms with Gasteiger partial charge in [0, 0.05) is 24.3 Å². The molecule has 0 spiro atoms. The zero-order valence-electron chi connectivity index (χ0n) is 16.0. The Morgan fingerprint density at radius 1 is 1.10 bits per heavy atom. The Labute approximate surface area is 179 Å². The minimum atomic E-state index is -0.481. The summed E-state index contributed by atoms with van der Waals surface area (Å²) in [6.07, 6.45) is 2.84. The van der Waals surface area contributed by atoms with Crippen LogP contribution in [-0.4, -0.2) is 38.8 Å². The minimum absolute atomic E-state index is 0.228. The number of hydrogen-bond donors (Lipinski definition) is 1. The van der Waals surface area contributed by atoms with Crippen molar-refractivity contribution in [1.82, 2.24) is 0 Å². The molecule has 1 amide bonds. The maximum Gasteiger partial charge on any atom is 0.330 e. The maximum atomic E-state index is 12.7. The van der Waals surface area contributed by atoms with Crippen LogP contribution in [0.2, 0.25) is 10.0 Å². The van der Waals surface area contributed by atoms with Crippen molar-refractivity contribution in [3.63, 3.8) is 0 Å². The van der Waals surface area contributed by atoms with Gasteiger partial charge in [0.1, 0.15) is 12.4 Å². The largest absolute Gasteiger partial charge is 0.491 e. The summed E-state index contributed by atoms with van der Waals surface area (Å²) in [5.74, 6) is -0.370. The highest BCUT2D eigenvalue weighted by Crippen LogP contribution is 2.27. The molecule has 0 bridgehead atoms. The van der Waals surface area contributed by atoms with Gasteiger partial charge in [-0.2, -0.15) is 0 Å². The standard InChI is InChI=1S/C21H21Cl2NO5/c1-3-28-20(25)9-5-14-4-7-16(29-11-10-27-2)13-19(14)24-21(26)17-8-6-15(22)12-18(17)23/h4-9,12-13H,3,10-11H2,1-2H3,(H,24,26). The lowest BCUT2D eigenvalue weighted by molar-refractivity contribution is -0.137. The molecule has 2 aromatic carbocycles. The van der Waals surface area contributed by atoms with Crippen LogP contribution in [0.15, 0.2) is 42.5 Å². The van der Waals surface area contributed by atoms with Gasteiger partial charge in [0.25, 0.3) is 5.91 Å². The van der Waals surface area contributed by atoms with Crippen LogP contribution in [-0.2, 0) is 14.3 Å². The van der Waals surface area contributed by atoms with Crippen molar-refractivity contribution in [2.24, 2.45) is 0 Å². The van der Waals surface area contributed by atoms with Crippen molar-refractivity contribution in [3.8, 4) is 5.75 Å². The highest BCUT2D eigenvalue weighted by molar-refractivity contribution is 6.37. The number of rotatable bonds is 9. The second-order valence-electron chi connectivity index (χ2n) is 5.75. The smallest absolute Gasteiger partial charge is 0.330 e. The summed E-state index contributed by atoms with van der Waals surface area (Å²) in [6.45, 7) is 2.77. The van der Waals surface area contributed by atoms with Gasteiger partial charge in [0.15, 0.2) is 0 Å². The lowest BCUT2D eigenvalue weighted by Crippen LogP contribution is -2.14. The molecule has 0 aliphatic heterocycles. The van der Waals surface area contributed by atoms with Crippen LogP contribution in [0.1, 0.15) is 22.8 Å². The van der Waals surface area contributed by atoms with Crippen LogP contribution < -0.4 is 10.1 Å². The molecule has 8 heteroatoms. The van der Waals surface area contributed by atoms with Gasteiger partial charge in [-0.25, -0.2) is 4.79 Å². The number of methoxy groups -OCH3 is 1. The average molecular weight is 438 g/mol. The molecule has 6 nitrogen and oxygen atoms in total. The predicted octanol–water partition coefficient (Wildman–Crippen LogP) is 4.85. The third-order valence-corrected chi connectivity index (χ3v) is 4.24. The zero-order valence-corrected chi connectivity index (χ0v) is 17.5. The van der Waals surface area contributed by atoms with Crippen molar-refractivity contribution in [3.05, 3.63) is 63.6 Å². The first-order valence-electron chi connectivity index (χ1n) is 8.81. The summed E-state index contributed by atoms with van der Waals surface area (Å²) in [5.41, 5.74) is 1.30. The average Bonchev–Trinajstić information content (AvgIpc) is 2.67. The molecule has 0 atom stereocenters. The molecular weight excluding hydrogens is 417 g/mol. The quantitative estimate of drug-likeness (QED) is 0.344. The zero-order chi connectivity index (χ0) is 21.2. The normalized spacial score (nSPS) is 10.8. The number of anilines is 1. The van der Waals surface area contributed by atoms with Crippen LogP contribution >= 0.6 is 23.2 Å².